The highest BCUT2D eigenvalue weighted by molar-refractivity contribution is 5.96. The summed E-state index contributed by atoms with van der Waals surface area (Å²) in [6, 6.07) is 20.8. The fourth-order valence-electron chi connectivity index (χ4n) is 2.78. The molecule has 3 aromatic carbocycles. The predicted molar refractivity (Wildman–Crippen MR) is 114 cm³/mol. The van der Waals surface area contributed by atoms with Crippen LogP contribution in [0.25, 0.3) is 10.8 Å². The van der Waals surface area contributed by atoms with E-state index in [1.807, 2.05) is 49.4 Å². The Balaban J connectivity index is 1.56. The quantitative estimate of drug-likeness (QED) is 0.464. The Morgan fingerprint density at radius 1 is 0.964 bits per heavy atom. The van der Waals surface area contributed by atoms with Gasteiger partial charge < -0.3 is 5.32 Å². The predicted octanol–water partition coefficient (Wildman–Crippen LogP) is 4.73. The molecular weight excluding hydrogens is 350 g/mol. The van der Waals surface area contributed by atoms with Crippen LogP contribution in [0.15, 0.2) is 71.8 Å². The van der Waals surface area contributed by atoms with Crippen molar-refractivity contribution in [3.63, 3.8) is 0 Å². The Bertz CT molecular complexity index is 994. The first-order valence-corrected chi connectivity index (χ1v) is 9.38. The van der Waals surface area contributed by atoms with Gasteiger partial charge >= 0.3 is 0 Å². The summed E-state index contributed by atoms with van der Waals surface area (Å²) < 4.78 is 0. The highest BCUT2D eigenvalue weighted by atomic mass is 16.2. The van der Waals surface area contributed by atoms with Crippen molar-refractivity contribution in [2.24, 2.45) is 5.10 Å². The third-order valence-electron chi connectivity index (χ3n) is 4.34. The third kappa shape index (κ3) is 5.27. The molecule has 2 N–H and O–H groups in total. The van der Waals surface area contributed by atoms with E-state index in [1.54, 1.807) is 30.5 Å². The summed E-state index contributed by atoms with van der Waals surface area (Å²) in [6.45, 7) is 2.04. The molecule has 0 radical (unpaired) electrons. The molecule has 0 aliphatic heterocycles. The fourth-order valence-corrected chi connectivity index (χ4v) is 2.78. The Morgan fingerprint density at radius 2 is 1.71 bits per heavy atom. The number of nitrogens with zero attached hydrogens (tertiary/aromatic N) is 1. The number of hydrazone groups is 1. The van der Waals surface area contributed by atoms with Gasteiger partial charge in [0.1, 0.15) is 0 Å². The lowest BCUT2D eigenvalue weighted by Gasteiger charge is -2.06. The Labute approximate surface area is 164 Å². The van der Waals surface area contributed by atoms with Gasteiger partial charge in [-0.2, -0.15) is 5.10 Å². The highest BCUT2D eigenvalue weighted by Gasteiger charge is 2.06. The lowest BCUT2D eigenvalue weighted by molar-refractivity contribution is -0.116. The van der Waals surface area contributed by atoms with Crippen LogP contribution in [0, 0.1) is 0 Å². The normalized spacial score (nSPS) is 10.9. The summed E-state index contributed by atoms with van der Waals surface area (Å²) in [4.78, 5) is 23.9. The number of carbonyl (C=O) groups is 2. The second-order valence-corrected chi connectivity index (χ2v) is 6.53. The molecule has 142 valence electrons. The number of benzene rings is 3. The van der Waals surface area contributed by atoms with Gasteiger partial charge in [-0.1, -0.05) is 49.7 Å². The summed E-state index contributed by atoms with van der Waals surface area (Å²) in [5.74, 6) is -0.320. The van der Waals surface area contributed by atoms with E-state index in [1.165, 1.54) is 0 Å². The van der Waals surface area contributed by atoms with Crippen LogP contribution in [0.3, 0.4) is 0 Å². The number of fused-ring (bicyclic) bond motifs is 1. The van der Waals surface area contributed by atoms with Crippen LogP contribution >= 0.6 is 0 Å². The number of hydrogen-bond donors (Lipinski definition) is 2. The van der Waals surface area contributed by atoms with Gasteiger partial charge in [-0.3, -0.25) is 9.59 Å². The van der Waals surface area contributed by atoms with Crippen molar-refractivity contribution in [3.8, 4) is 0 Å². The number of amides is 2. The molecular formula is C23H23N3O2. The minimum Gasteiger partial charge on any atom is -0.326 e. The van der Waals surface area contributed by atoms with E-state index in [0.717, 1.165) is 29.2 Å². The third-order valence-corrected chi connectivity index (χ3v) is 4.34. The van der Waals surface area contributed by atoms with Crippen LogP contribution in [0.5, 0.6) is 0 Å². The molecule has 0 spiro atoms. The van der Waals surface area contributed by atoms with Crippen LogP contribution in [-0.2, 0) is 4.79 Å². The van der Waals surface area contributed by atoms with Crippen LogP contribution in [0.2, 0.25) is 0 Å². The summed E-state index contributed by atoms with van der Waals surface area (Å²) in [6.07, 6.45) is 3.96. The number of unbranched alkanes of at least 4 members (excludes halogenated alkanes) is 1. The van der Waals surface area contributed by atoms with Crippen LogP contribution in [-0.4, -0.2) is 18.0 Å². The van der Waals surface area contributed by atoms with Crippen LogP contribution in [0.4, 0.5) is 5.69 Å². The first kappa shape index (κ1) is 19.3. The number of carbonyl (C=O) groups excluding carboxylic acids is 2. The average Bonchev–Trinajstić information content (AvgIpc) is 2.72. The minimum absolute atomic E-state index is 0.0148. The molecule has 0 bridgehead atoms. The van der Waals surface area contributed by atoms with Gasteiger partial charge in [0.05, 0.1) is 6.21 Å². The Hall–Kier alpha value is -3.47. The molecule has 0 heterocycles. The second kappa shape index (κ2) is 9.46. The highest BCUT2D eigenvalue weighted by Crippen LogP contribution is 2.14. The lowest BCUT2D eigenvalue weighted by atomic mass is 10.1. The maximum absolute atomic E-state index is 12.2. The Kier molecular flexibility index (Phi) is 6.52. The molecule has 0 aliphatic rings. The average molecular weight is 373 g/mol. The van der Waals surface area contributed by atoms with Gasteiger partial charge in [0, 0.05) is 17.7 Å². The zero-order valence-electron chi connectivity index (χ0n) is 15.8. The molecule has 3 rings (SSSR count). The van der Waals surface area contributed by atoms with Crippen LogP contribution in [0.1, 0.15) is 42.1 Å². The second-order valence-electron chi connectivity index (χ2n) is 6.53. The lowest BCUT2D eigenvalue weighted by Crippen LogP contribution is -2.17. The van der Waals surface area contributed by atoms with Crippen molar-refractivity contribution in [2.45, 2.75) is 26.2 Å². The molecule has 3 aromatic rings. The van der Waals surface area contributed by atoms with E-state index < -0.39 is 0 Å². The Morgan fingerprint density at radius 3 is 2.46 bits per heavy atom. The molecule has 0 unspecified atom stereocenters. The monoisotopic (exact) mass is 373 g/mol. The topological polar surface area (TPSA) is 70.6 Å². The SMILES string of the molecule is CCCCC(=O)Nc1ccc(C(=O)NN=Cc2ccc3ccccc3c2)cc1. The van der Waals surface area contributed by atoms with Crippen LogP contribution < -0.4 is 10.7 Å². The van der Waals surface area contributed by atoms with E-state index in [4.69, 9.17) is 0 Å². The molecule has 5 nitrogen and oxygen atoms in total. The van der Waals surface area contributed by atoms with Crippen molar-refractivity contribution in [1.82, 2.24) is 5.43 Å². The molecule has 0 aromatic heterocycles. The van der Waals surface area contributed by atoms with Gasteiger partial charge in [-0.15, -0.1) is 0 Å². The molecule has 0 saturated heterocycles. The minimum atomic E-state index is -0.305. The number of anilines is 1. The number of nitrogens with one attached hydrogen (secondary N) is 2. The fraction of sp³-hybridized carbons (Fsp3) is 0.174. The largest absolute Gasteiger partial charge is 0.326 e. The molecule has 0 aliphatic carbocycles. The first-order valence-electron chi connectivity index (χ1n) is 9.38. The van der Waals surface area contributed by atoms with E-state index in [0.29, 0.717) is 17.7 Å². The summed E-state index contributed by atoms with van der Waals surface area (Å²) in [7, 11) is 0. The van der Waals surface area contributed by atoms with Gasteiger partial charge in [0.15, 0.2) is 0 Å². The van der Waals surface area contributed by atoms with E-state index in [9.17, 15) is 9.59 Å². The summed E-state index contributed by atoms with van der Waals surface area (Å²) >= 11 is 0. The zero-order chi connectivity index (χ0) is 19.8. The van der Waals surface area contributed by atoms with E-state index >= 15 is 0 Å². The molecule has 28 heavy (non-hydrogen) atoms. The van der Waals surface area contributed by atoms with Crippen molar-refractivity contribution in [3.05, 3.63) is 77.9 Å². The van der Waals surface area contributed by atoms with E-state index in [2.05, 4.69) is 15.8 Å². The number of hydrogen-bond acceptors (Lipinski definition) is 3. The maximum atomic E-state index is 12.2. The van der Waals surface area contributed by atoms with Gasteiger partial charge in [0.2, 0.25) is 5.91 Å². The van der Waals surface area contributed by atoms with Crippen molar-refractivity contribution in [2.75, 3.05) is 5.32 Å². The molecule has 0 fully saturated rings. The smallest absolute Gasteiger partial charge is 0.271 e. The summed E-state index contributed by atoms with van der Waals surface area (Å²) in [5, 5.41) is 9.13. The van der Waals surface area contributed by atoms with Gasteiger partial charge in [-0.05, 0) is 53.1 Å². The molecule has 5 heteroatoms. The van der Waals surface area contributed by atoms with E-state index in [-0.39, 0.29) is 11.8 Å². The summed E-state index contributed by atoms with van der Waals surface area (Å²) in [5.41, 5.74) is 4.59. The molecule has 2 amide bonds. The van der Waals surface area contributed by atoms with Crippen molar-refractivity contribution < 1.29 is 9.59 Å². The van der Waals surface area contributed by atoms with Gasteiger partial charge in [-0.25, -0.2) is 5.43 Å². The maximum Gasteiger partial charge on any atom is 0.271 e. The van der Waals surface area contributed by atoms with Gasteiger partial charge in [0.25, 0.3) is 5.91 Å². The number of rotatable bonds is 7. The first-order chi connectivity index (χ1) is 13.7. The standard InChI is InChI=1S/C23H23N3O2/c1-2-3-8-22(27)25-21-13-11-19(12-14-21)23(28)26-24-16-17-9-10-18-6-4-5-7-20(18)15-17/h4-7,9-16H,2-3,8H2,1H3,(H,25,27)(H,26,28). The zero-order valence-corrected chi connectivity index (χ0v) is 15.8. The molecule has 0 saturated carbocycles. The molecule has 0 atom stereocenters. The van der Waals surface area contributed by atoms with Crippen molar-refractivity contribution in [1.29, 1.82) is 0 Å². The van der Waals surface area contributed by atoms with Crippen molar-refractivity contribution >= 4 is 34.5 Å².